The van der Waals surface area contributed by atoms with Crippen LogP contribution < -0.4 is 0 Å². The lowest BCUT2D eigenvalue weighted by molar-refractivity contribution is 0.379. The summed E-state index contributed by atoms with van der Waals surface area (Å²) in [5, 5.41) is 0.976. The van der Waals surface area contributed by atoms with E-state index in [1.807, 2.05) is 6.07 Å². The van der Waals surface area contributed by atoms with Crippen molar-refractivity contribution in [1.82, 2.24) is 14.5 Å². The molecule has 176 valence electrons. The van der Waals surface area contributed by atoms with Crippen molar-refractivity contribution in [2.75, 3.05) is 0 Å². The second-order valence-electron chi connectivity index (χ2n) is 10.7. The van der Waals surface area contributed by atoms with E-state index < -0.39 is 25.2 Å². The minimum absolute atomic E-state index is 0.873. The van der Waals surface area contributed by atoms with Crippen molar-refractivity contribution in [3.8, 4) is 10.8 Å². The number of imidazole rings is 1. The number of para-hydroxylation sites is 3. The topological polar surface area (TPSA) is 49.2 Å². The maximum Gasteiger partial charge on any atom is 0.314 e. The summed E-state index contributed by atoms with van der Waals surface area (Å²) in [5.41, 5.74) is 3.21. The fourth-order valence-corrected chi connectivity index (χ4v) is 17.9. The van der Waals surface area contributed by atoms with Crippen molar-refractivity contribution in [1.29, 1.82) is 0 Å². The van der Waals surface area contributed by atoms with Crippen LogP contribution in [0.3, 0.4) is 0 Å². The van der Waals surface area contributed by atoms with Crippen molar-refractivity contribution >= 4 is 57.8 Å². The SMILES string of the molecule is C[Si](C)(C)O[Si](C)(CCCn1c(-c2nc3ccccc3s2)nc2ccccc21)O[Si](C)(C)C. The highest BCUT2D eigenvalue weighted by molar-refractivity contribution is 7.21. The molecule has 2 aromatic carbocycles. The second-order valence-corrected chi connectivity index (χ2v) is 24.6. The van der Waals surface area contributed by atoms with Gasteiger partial charge in [-0.05, 0) is 82.6 Å². The van der Waals surface area contributed by atoms with Gasteiger partial charge in [0, 0.05) is 6.54 Å². The predicted molar refractivity (Wildman–Crippen MR) is 148 cm³/mol. The molecule has 9 heteroatoms. The molecule has 0 aliphatic rings. The number of benzene rings is 2. The standard InChI is InChI=1S/C24H35N3O2SSi3/c1-31(2,3)28-33(7,29-32(4,5)6)18-12-17-27-21-15-10-8-13-19(21)25-23(27)24-26-20-14-9-11-16-22(20)30-24/h8-11,13-16H,12,17-18H2,1-7H3. The molecule has 0 radical (unpaired) electrons. The van der Waals surface area contributed by atoms with Crippen LogP contribution >= 0.6 is 11.3 Å². The molecule has 0 unspecified atom stereocenters. The molecule has 2 heterocycles. The molecule has 0 bridgehead atoms. The first kappa shape index (κ1) is 24.5. The minimum atomic E-state index is -2.27. The first-order valence-corrected chi connectivity index (χ1v) is 21.8. The van der Waals surface area contributed by atoms with Crippen LogP contribution in [0.2, 0.25) is 51.9 Å². The fraction of sp³-hybridized carbons (Fsp3) is 0.417. The molecule has 0 saturated heterocycles. The number of thiazole rings is 1. The van der Waals surface area contributed by atoms with Gasteiger partial charge in [-0.25, -0.2) is 9.97 Å². The number of aromatic nitrogens is 3. The Hall–Kier alpha value is -1.63. The van der Waals surface area contributed by atoms with Crippen LogP contribution in [0.5, 0.6) is 0 Å². The van der Waals surface area contributed by atoms with Crippen molar-refractivity contribution in [2.45, 2.75) is 64.8 Å². The smallest absolute Gasteiger partial charge is 0.314 e. The van der Waals surface area contributed by atoms with Gasteiger partial charge < -0.3 is 12.8 Å². The Kier molecular flexibility index (Phi) is 6.83. The molecule has 0 amide bonds. The number of hydrogen-bond donors (Lipinski definition) is 0. The fourth-order valence-electron chi connectivity index (χ4n) is 4.41. The first-order valence-electron chi connectivity index (χ1n) is 11.6. The predicted octanol–water partition coefficient (Wildman–Crippen LogP) is 7.48. The molecular weight excluding hydrogens is 479 g/mol. The van der Waals surface area contributed by atoms with Gasteiger partial charge in [0.1, 0.15) is 0 Å². The van der Waals surface area contributed by atoms with Crippen LogP contribution in [0.4, 0.5) is 0 Å². The molecule has 4 aromatic rings. The minimum Gasteiger partial charge on any atom is -0.437 e. The quantitative estimate of drug-likeness (QED) is 0.218. The van der Waals surface area contributed by atoms with Crippen LogP contribution in [0.1, 0.15) is 6.42 Å². The first-order chi connectivity index (χ1) is 15.4. The Morgan fingerprint density at radius 1 is 0.788 bits per heavy atom. The van der Waals surface area contributed by atoms with E-state index in [2.05, 4.69) is 92.9 Å². The van der Waals surface area contributed by atoms with Crippen LogP contribution in [0.25, 0.3) is 32.1 Å². The average Bonchev–Trinajstić information content (AvgIpc) is 3.26. The zero-order valence-electron chi connectivity index (χ0n) is 20.8. The van der Waals surface area contributed by atoms with Crippen molar-refractivity contribution < 1.29 is 8.23 Å². The average molecular weight is 514 g/mol. The maximum atomic E-state index is 6.72. The molecule has 0 aliphatic carbocycles. The molecule has 0 fully saturated rings. The molecule has 0 N–H and O–H groups in total. The van der Waals surface area contributed by atoms with E-state index in [0.717, 1.165) is 46.4 Å². The summed E-state index contributed by atoms with van der Waals surface area (Å²) in [6.07, 6.45) is 0.996. The third-order valence-corrected chi connectivity index (χ3v) is 15.8. The van der Waals surface area contributed by atoms with Crippen LogP contribution in [0.15, 0.2) is 48.5 Å². The van der Waals surface area contributed by atoms with Gasteiger partial charge in [0.2, 0.25) is 0 Å². The molecule has 0 aliphatic heterocycles. The number of hydrogen-bond acceptors (Lipinski definition) is 5. The van der Waals surface area contributed by atoms with Crippen LogP contribution in [0, 0.1) is 0 Å². The molecular formula is C24H35N3O2SSi3. The number of fused-ring (bicyclic) bond motifs is 2. The van der Waals surface area contributed by atoms with Crippen LogP contribution in [-0.2, 0) is 14.8 Å². The Bertz CT molecular complexity index is 1210. The van der Waals surface area contributed by atoms with Gasteiger partial charge in [-0.3, -0.25) is 0 Å². The van der Waals surface area contributed by atoms with E-state index >= 15 is 0 Å². The second kappa shape index (κ2) is 9.20. The molecule has 2 aromatic heterocycles. The Morgan fingerprint density at radius 2 is 1.39 bits per heavy atom. The molecule has 0 saturated carbocycles. The lowest BCUT2D eigenvalue weighted by Gasteiger charge is -2.38. The Morgan fingerprint density at radius 3 is 2.03 bits per heavy atom. The van der Waals surface area contributed by atoms with E-state index in [4.69, 9.17) is 18.2 Å². The number of aryl methyl sites for hydroxylation is 1. The maximum absolute atomic E-state index is 6.72. The lowest BCUT2D eigenvalue weighted by Crippen LogP contribution is -2.52. The summed E-state index contributed by atoms with van der Waals surface area (Å²) in [7, 11) is -5.67. The lowest BCUT2D eigenvalue weighted by atomic mass is 10.3. The van der Waals surface area contributed by atoms with E-state index in [1.54, 1.807) is 11.3 Å². The summed E-state index contributed by atoms with van der Waals surface area (Å²) in [6.45, 7) is 16.7. The number of rotatable bonds is 9. The third-order valence-electron chi connectivity index (χ3n) is 5.20. The van der Waals surface area contributed by atoms with Gasteiger partial charge >= 0.3 is 8.56 Å². The third kappa shape index (κ3) is 6.09. The molecule has 4 rings (SSSR count). The monoisotopic (exact) mass is 513 g/mol. The van der Waals surface area contributed by atoms with Gasteiger partial charge in [0.15, 0.2) is 27.5 Å². The van der Waals surface area contributed by atoms with E-state index in [-0.39, 0.29) is 0 Å². The highest BCUT2D eigenvalue weighted by atomic mass is 32.1. The van der Waals surface area contributed by atoms with Crippen molar-refractivity contribution in [3.05, 3.63) is 48.5 Å². The van der Waals surface area contributed by atoms with Gasteiger partial charge in [0.25, 0.3) is 0 Å². The van der Waals surface area contributed by atoms with Gasteiger partial charge in [0.05, 0.1) is 21.3 Å². The van der Waals surface area contributed by atoms with Gasteiger partial charge in [-0.15, -0.1) is 11.3 Å². The van der Waals surface area contributed by atoms with Gasteiger partial charge in [-0.1, -0.05) is 24.3 Å². The summed E-state index contributed by atoms with van der Waals surface area (Å²) in [4.78, 5) is 9.88. The van der Waals surface area contributed by atoms with Crippen molar-refractivity contribution in [2.24, 2.45) is 0 Å². The normalized spacial score (nSPS) is 13.3. The molecule has 0 spiro atoms. The molecule has 5 nitrogen and oxygen atoms in total. The highest BCUT2D eigenvalue weighted by Gasteiger charge is 2.39. The van der Waals surface area contributed by atoms with E-state index in [1.165, 1.54) is 4.70 Å². The van der Waals surface area contributed by atoms with Gasteiger partial charge in [-0.2, -0.15) is 0 Å². The molecule has 0 atom stereocenters. The van der Waals surface area contributed by atoms with Crippen molar-refractivity contribution in [3.63, 3.8) is 0 Å². The van der Waals surface area contributed by atoms with E-state index in [0.29, 0.717) is 0 Å². The largest absolute Gasteiger partial charge is 0.437 e. The Labute approximate surface area is 204 Å². The summed E-state index contributed by atoms with van der Waals surface area (Å²) in [6, 6.07) is 17.7. The van der Waals surface area contributed by atoms with E-state index in [9.17, 15) is 0 Å². The van der Waals surface area contributed by atoms with Crippen LogP contribution in [-0.4, -0.2) is 39.7 Å². The number of nitrogens with zero attached hydrogens (tertiary/aromatic N) is 3. The highest BCUT2D eigenvalue weighted by Crippen LogP contribution is 2.33. The molecule has 33 heavy (non-hydrogen) atoms. The summed E-state index contributed by atoms with van der Waals surface area (Å²) in [5.74, 6) is 0.956. The Balaban J connectivity index is 1.63. The zero-order chi connectivity index (χ0) is 23.9. The zero-order valence-corrected chi connectivity index (χ0v) is 24.6. The summed E-state index contributed by atoms with van der Waals surface area (Å²) < 4.78 is 17.0. The summed E-state index contributed by atoms with van der Waals surface area (Å²) >= 11 is 1.71.